The lowest BCUT2D eigenvalue weighted by Gasteiger charge is -1.95. The Labute approximate surface area is 98.8 Å². The van der Waals surface area contributed by atoms with Gasteiger partial charge in [-0.2, -0.15) is 0 Å². The molecular weight excluding hydrogens is 214 g/mol. The molecule has 17 heavy (non-hydrogen) atoms. The number of benzene rings is 1. The number of hydrogen-bond acceptors (Lipinski definition) is 4. The van der Waals surface area contributed by atoms with E-state index in [0.29, 0.717) is 11.4 Å². The molecule has 0 aliphatic rings. The van der Waals surface area contributed by atoms with Crippen LogP contribution < -0.4 is 5.73 Å². The molecule has 0 atom stereocenters. The van der Waals surface area contributed by atoms with Crippen LogP contribution in [0.15, 0.2) is 48.9 Å². The van der Waals surface area contributed by atoms with Gasteiger partial charge in [-0.15, -0.1) is 0 Å². The molecule has 1 aromatic heterocycles. The molecule has 2 N–H and O–H groups in total. The number of carbonyl (C=O) groups excluding carboxylic acids is 1. The van der Waals surface area contributed by atoms with E-state index in [-0.39, 0.29) is 5.78 Å². The zero-order valence-electron chi connectivity index (χ0n) is 9.08. The molecular formula is C13H11N3O. The summed E-state index contributed by atoms with van der Waals surface area (Å²) in [5, 5.41) is 0. The number of allylic oxidation sites excluding steroid dienone is 1. The van der Waals surface area contributed by atoms with E-state index in [2.05, 4.69) is 9.97 Å². The Hall–Kier alpha value is -2.49. The lowest BCUT2D eigenvalue weighted by molar-refractivity contribution is 0.104. The van der Waals surface area contributed by atoms with Crippen molar-refractivity contribution in [3.63, 3.8) is 0 Å². The van der Waals surface area contributed by atoms with Crippen molar-refractivity contribution in [3.05, 3.63) is 60.2 Å². The molecule has 1 heterocycles. The minimum atomic E-state index is -0.171. The lowest BCUT2D eigenvalue weighted by Crippen LogP contribution is -1.97. The second-order valence-corrected chi connectivity index (χ2v) is 3.45. The smallest absolute Gasteiger partial charge is 0.205 e. The Morgan fingerprint density at radius 2 is 1.94 bits per heavy atom. The van der Waals surface area contributed by atoms with Crippen molar-refractivity contribution in [2.24, 2.45) is 0 Å². The van der Waals surface area contributed by atoms with Crippen LogP contribution in [-0.2, 0) is 0 Å². The molecule has 0 bridgehead atoms. The third kappa shape index (κ3) is 2.98. The van der Waals surface area contributed by atoms with Crippen LogP contribution in [0.3, 0.4) is 0 Å². The lowest BCUT2D eigenvalue weighted by atomic mass is 10.1. The van der Waals surface area contributed by atoms with Crippen molar-refractivity contribution >= 4 is 17.5 Å². The molecule has 2 rings (SSSR count). The quantitative estimate of drug-likeness (QED) is 0.492. The van der Waals surface area contributed by atoms with Gasteiger partial charge in [0.2, 0.25) is 5.78 Å². The summed E-state index contributed by atoms with van der Waals surface area (Å²) in [6.07, 6.45) is 7.65. The average molecular weight is 225 g/mol. The summed E-state index contributed by atoms with van der Waals surface area (Å²) in [7, 11) is 0. The molecule has 4 heteroatoms. The maximum Gasteiger partial charge on any atom is 0.205 e. The Morgan fingerprint density at radius 1 is 1.18 bits per heavy atom. The van der Waals surface area contributed by atoms with Gasteiger partial charge in [-0.3, -0.25) is 9.78 Å². The first-order valence-electron chi connectivity index (χ1n) is 5.10. The standard InChI is InChI=1S/C13H11N3O/c14-11-4-1-10(2-5-11)3-6-13(17)12-9-15-7-8-16-12/h1-9H,14H2/b6-3+. The number of hydrogen-bond donors (Lipinski definition) is 1. The fraction of sp³-hybridized carbons (Fsp3) is 0. The molecule has 0 aliphatic heterocycles. The van der Waals surface area contributed by atoms with Gasteiger partial charge in [0.1, 0.15) is 5.69 Å². The second-order valence-electron chi connectivity index (χ2n) is 3.45. The highest BCUT2D eigenvalue weighted by atomic mass is 16.1. The van der Waals surface area contributed by atoms with Crippen molar-refractivity contribution in [2.75, 3.05) is 5.73 Å². The topological polar surface area (TPSA) is 68.9 Å². The molecule has 0 unspecified atom stereocenters. The van der Waals surface area contributed by atoms with E-state index in [4.69, 9.17) is 5.73 Å². The van der Waals surface area contributed by atoms with Gasteiger partial charge in [-0.05, 0) is 23.8 Å². The number of ketones is 1. The number of nitrogens with two attached hydrogens (primary N) is 1. The fourth-order valence-electron chi connectivity index (χ4n) is 1.29. The molecule has 2 aromatic rings. The van der Waals surface area contributed by atoms with Crippen LogP contribution in [0, 0.1) is 0 Å². The summed E-state index contributed by atoms with van der Waals surface area (Å²) in [6.45, 7) is 0. The number of nitrogen functional groups attached to an aromatic ring is 1. The van der Waals surface area contributed by atoms with E-state index < -0.39 is 0 Å². The summed E-state index contributed by atoms with van der Waals surface area (Å²) < 4.78 is 0. The zero-order chi connectivity index (χ0) is 12.1. The van der Waals surface area contributed by atoms with Crippen molar-refractivity contribution < 1.29 is 4.79 Å². The number of carbonyl (C=O) groups is 1. The van der Waals surface area contributed by atoms with Crippen LogP contribution in [0.4, 0.5) is 5.69 Å². The molecule has 0 spiro atoms. The molecule has 0 saturated heterocycles. The number of anilines is 1. The van der Waals surface area contributed by atoms with E-state index in [0.717, 1.165) is 5.56 Å². The number of aromatic nitrogens is 2. The van der Waals surface area contributed by atoms with Crippen LogP contribution in [-0.4, -0.2) is 15.8 Å². The maximum absolute atomic E-state index is 11.7. The molecule has 0 amide bonds. The van der Waals surface area contributed by atoms with Crippen molar-refractivity contribution in [3.8, 4) is 0 Å². The first-order valence-corrected chi connectivity index (χ1v) is 5.10. The van der Waals surface area contributed by atoms with Gasteiger partial charge >= 0.3 is 0 Å². The van der Waals surface area contributed by atoms with Crippen molar-refractivity contribution in [1.29, 1.82) is 0 Å². The molecule has 1 aromatic carbocycles. The van der Waals surface area contributed by atoms with Crippen LogP contribution in [0.2, 0.25) is 0 Å². The predicted molar refractivity (Wildman–Crippen MR) is 66.3 cm³/mol. The van der Waals surface area contributed by atoms with Crippen LogP contribution in [0.5, 0.6) is 0 Å². The van der Waals surface area contributed by atoms with Crippen LogP contribution in [0.25, 0.3) is 6.08 Å². The van der Waals surface area contributed by atoms with Gasteiger partial charge < -0.3 is 5.73 Å². The van der Waals surface area contributed by atoms with Gasteiger partial charge in [0.05, 0.1) is 6.20 Å². The molecule has 4 nitrogen and oxygen atoms in total. The SMILES string of the molecule is Nc1ccc(/C=C/C(=O)c2cnccn2)cc1. The van der Waals surface area contributed by atoms with E-state index >= 15 is 0 Å². The minimum Gasteiger partial charge on any atom is -0.399 e. The van der Waals surface area contributed by atoms with E-state index in [1.165, 1.54) is 24.7 Å². The normalized spacial score (nSPS) is 10.6. The number of rotatable bonds is 3. The first-order chi connectivity index (χ1) is 8.25. The summed E-state index contributed by atoms with van der Waals surface area (Å²) >= 11 is 0. The van der Waals surface area contributed by atoms with Gasteiger partial charge in [0, 0.05) is 18.1 Å². The Bertz CT molecular complexity index is 532. The highest BCUT2D eigenvalue weighted by Crippen LogP contribution is 2.07. The summed E-state index contributed by atoms with van der Waals surface area (Å²) in [5.74, 6) is -0.171. The molecule has 0 fully saturated rings. The molecule has 0 saturated carbocycles. The third-order valence-corrected chi connectivity index (χ3v) is 2.18. The zero-order valence-corrected chi connectivity index (χ0v) is 9.08. The van der Waals surface area contributed by atoms with Gasteiger partial charge in [-0.25, -0.2) is 4.98 Å². The van der Waals surface area contributed by atoms with Crippen molar-refractivity contribution in [2.45, 2.75) is 0 Å². The van der Waals surface area contributed by atoms with Crippen LogP contribution in [0.1, 0.15) is 16.1 Å². The predicted octanol–water partition coefficient (Wildman–Crippen LogP) is 1.95. The largest absolute Gasteiger partial charge is 0.399 e. The van der Waals surface area contributed by atoms with E-state index in [1.807, 2.05) is 12.1 Å². The van der Waals surface area contributed by atoms with Gasteiger partial charge in [0.15, 0.2) is 0 Å². The van der Waals surface area contributed by atoms with Crippen LogP contribution >= 0.6 is 0 Å². The van der Waals surface area contributed by atoms with Gasteiger partial charge in [0.25, 0.3) is 0 Å². The molecule has 0 radical (unpaired) electrons. The Morgan fingerprint density at radius 3 is 2.59 bits per heavy atom. The monoisotopic (exact) mass is 225 g/mol. The van der Waals surface area contributed by atoms with E-state index in [9.17, 15) is 4.79 Å². The summed E-state index contributed by atoms with van der Waals surface area (Å²) in [6, 6.07) is 7.25. The second kappa shape index (κ2) is 5.03. The first kappa shape index (κ1) is 11.0. The third-order valence-electron chi connectivity index (χ3n) is 2.18. The maximum atomic E-state index is 11.7. The Balaban J connectivity index is 2.11. The number of nitrogens with zero attached hydrogens (tertiary/aromatic N) is 2. The fourth-order valence-corrected chi connectivity index (χ4v) is 1.29. The Kier molecular flexibility index (Phi) is 3.25. The average Bonchev–Trinajstić information content (AvgIpc) is 2.39. The summed E-state index contributed by atoms with van der Waals surface area (Å²) in [5.41, 5.74) is 7.51. The van der Waals surface area contributed by atoms with Gasteiger partial charge in [-0.1, -0.05) is 18.2 Å². The molecule has 0 aliphatic carbocycles. The van der Waals surface area contributed by atoms with E-state index in [1.54, 1.807) is 18.2 Å². The molecule has 84 valence electrons. The van der Waals surface area contributed by atoms with Crippen molar-refractivity contribution in [1.82, 2.24) is 9.97 Å². The minimum absolute atomic E-state index is 0.171. The highest BCUT2D eigenvalue weighted by Gasteiger charge is 2.01. The highest BCUT2D eigenvalue weighted by molar-refractivity contribution is 6.05. The summed E-state index contributed by atoms with van der Waals surface area (Å²) in [4.78, 5) is 19.4.